The number of halogens is 3. The van der Waals surface area contributed by atoms with Gasteiger partial charge in [0, 0.05) is 21.2 Å². The minimum Gasteiger partial charge on any atom is -0.497 e. The normalized spacial score (nSPS) is 14.0. The zero-order valence-corrected chi connectivity index (χ0v) is 22.0. The van der Waals surface area contributed by atoms with E-state index in [9.17, 15) is 4.79 Å². The highest BCUT2D eigenvalue weighted by Crippen LogP contribution is 2.39. The van der Waals surface area contributed by atoms with E-state index in [1.807, 2.05) is 49.4 Å². The van der Waals surface area contributed by atoms with Crippen LogP contribution in [-0.4, -0.2) is 19.7 Å². The van der Waals surface area contributed by atoms with Crippen LogP contribution < -0.4 is 14.2 Å². The van der Waals surface area contributed by atoms with Crippen LogP contribution in [0.15, 0.2) is 70.7 Å². The number of benzene rings is 3. The number of carbonyl (C=O) groups excluding carboxylic acids is 1. The number of hydrogen-bond acceptors (Lipinski definition) is 5. The number of rotatable bonds is 8. The Morgan fingerprint density at radius 2 is 1.80 bits per heavy atom. The summed E-state index contributed by atoms with van der Waals surface area (Å²) in [5, 5.41) is 1.08. The van der Waals surface area contributed by atoms with Crippen LogP contribution in [0.1, 0.15) is 23.6 Å². The molecule has 0 bridgehead atoms. The van der Waals surface area contributed by atoms with Crippen molar-refractivity contribution in [1.29, 1.82) is 0 Å². The molecule has 0 atom stereocenters. The fourth-order valence-corrected chi connectivity index (χ4v) is 4.47. The fraction of sp³-hybridized carbons (Fsp3) is 0.148. The lowest BCUT2D eigenvalue weighted by Crippen LogP contribution is -2.02. The van der Waals surface area contributed by atoms with Gasteiger partial charge in [-0.3, -0.25) is 0 Å². The molecular weight excluding hydrogens is 555 g/mol. The Morgan fingerprint density at radius 1 is 1.03 bits per heavy atom. The first kappa shape index (κ1) is 25.2. The second-order valence-electron chi connectivity index (χ2n) is 7.51. The average molecular weight is 576 g/mol. The Labute approximate surface area is 222 Å². The lowest BCUT2D eigenvalue weighted by molar-refractivity contribution is -0.130. The molecule has 35 heavy (non-hydrogen) atoms. The number of carbonyl (C=O) groups is 1. The second-order valence-corrected chi connectivity index (χ2v) is 9.21. The fourth-order valence-electron chi connectivity index (χ4n) is 3.43. The molecule has 180 valence electrons. The lowest BCUT2D eigenvalue weighted by atomic mass is 10.1. The molecule has 0 amide bonds. The van der Waals surface area contributed by atoms with E-state index in [1.54, 1.807) is 31.4 Å². The molecule has 1 aliphatic heterocycles. The summed E-state index contributed by atoms with van der Waals surface area (Å²) in [7, 11) is 1.60. The van der Waals surface area contributed by atoms with Gasteiger partial charge in [-0.05, 0) is 89.1 Å². The second kappa shape index (κ2) is 11.2. The maximum atomic E-state index is 12.5. The summed E-state index contributed by atoms with van der Waals surface area (Å²) in [6.45, 7) is 2.56. The van der Waals surface area contributed by atoms with E-state index in [4.69, 9.17) is 42.1 Å². The van der Waals surface area contributed by atoms with Crippen LogP contribution in [0.4, 0.5) is 0 Å². The van der Waals surface area contributed by atoms with Crippen molar-refractivity contribution in [2.24, 2.45) is 0 Å². The first-order chi connectivity index (χ1) is 16.9. The van der Waals surface area contributed by atoms with Gasteiger partial charge in [-0.2, -0.15) is 0 Å². The van der Waals surface area contributed by atoms with Crippen molar-refractivity contribution < 1.29 is 23.7 Å². The third-order valence-corrected chi connectivity index (χ3v) is 6.32. The molecule has 0 aliphatic carbocycles. The molecule has 0 aromatic heterocycles. The van der Waals surface area contributed by atoms with Gasteiger partial charge < -0.3 is 18.9 Å². The predicted octanol–water partition coefficient (Wildman–Crippen LogP) is 7.72. The van der Waals surface area contributed by atoms with E-state index in [1.165, 1.54) is 0 Å². The van der Waals surface area contributed by atoms with Gasteiger partial charge in [0.05, 0.1) is 23.8 Å². The topological polar surface area (TPSA) is 54.0 Å². The number of cyclic esters (lactones) is 1. The summed E-state index contributed by atoms with van der Waals surface area (Å²) in [6.07, 6.45) is 3.46. The highest BCUT2D eigenvalue weighted by atomic mass is 79.9. The first-order valence-electron chi connectivity index (χ1n) is 10.7. The van der Waals surface area contributed by atoms with E-state index >= 15 is 0 Å². The molecule has 8 heteroatoms. The summed E-state index contributed by atoms with van der Waals surface area (Å²) < 4.78 is 23.2. The Hall–Kier alpha value is -2.93. The minimum absolute atomic E-state index is 0.232. The monoisotopic (exact) mass is 574 g/mol. The molecule has 0 unspecified atom stereocenters. The molecule has 0 N–H and O–H groups in total. The highest BCUT2D eigenvalue weighted by molar-refractivity contribution is 9.10. The van der Waals surface area contributed by atoms with Crippen molar-refractivity contribution in [1.82, 2.24) is 0 Å². The van der Waals surface area contributed by atoms with Crippen molar-refractivity contribution in [2.45, 2.75) is 13.5 Å². The summed E-state index contributed by atoms with van der Waals surface area (Å²) in [4.78, 5) is 12.5. The standard InChI is InChI=1S/C27H21BrCl2O5/c1-3-33-25-12-16(11-22(28)26(25)34-15-18-4-7-20(29)14-23(18)30)10-19-13-24(35-27(19)31)17-5-8-21(32-2)9-6-17/h4-14H,3,15H2,1-2H3. The largest absolute Gasteiger partial charge is 0.497 e. The Kier molecular flexibility index (Phi) is 8.06. The van der Waals surface area contributed by atoms with Gasteiger partial charge >= 0.3 is 5.97 Å². The lowest BCUT2D eigenvalue weighted by Gasteiger charge is -2.15. The van der Waals surface area contributed by atoms with Crippen LogP contribution in [0.5, 0.6) is 17.2 Å². The SMILES string of the molecule is CCOc1cc(C=C2C=C(c3ccc(OC)cc3)OC2=O)cc(Br)c1OCc1ccc(Cl)cc1Cl. The van der Waals surface area contributed by atoms with E-state index in [0.29, 0.717) is 44.0 Å². The van der Waals surface area contributed by atoms with E-state index in [-0.39, 0.29) is 6.61 Å². The van der Waals surface area contributed by atoms with Gasteiger partial charge in [-0.1, -0.05) is 29.3 Å². The van der Waals surface area contributed by atoms with E-state index in [2.05, 4.69) is 15.9 Å². The predicted molar refractivity (Wildman–Crippen MR) is 141 cm³/mol. The smallest absolute Gasteiger partial charge is 0.343 e. The number of methoxy groups -OCH3 is 1. The molecule has 0 fully saturated rings. The van der Waals surface area contributed by atoms with Gasteiger partial charge in [0.15, 0.2) is 11.5 Å². The van der Waals surface area contributed by atoms with Crippen LogP contribution in [0.3, 0.4) is 0 Å². The van der Waals surface area contributed by atoms with E-state index in [0.717, 1.165) is 22.4 Å². The van der Waals surface area contributed by atoms with Crippen molar-refractivity contribution >= 4 is 56.9 Å². The third kappa shape index (κ3) is 6.01. The Morgan fingerprint density at radius 3 is 2.49 bits per heavy atom. The summed E-state index contributed by atoms with van der Waals surface area (Å²) >= 11 is 15.8. The molecule has 5 nitrogen and oxygen atoms in total. The van der Waals surface area contributed by atoms with Crippen LogP contribution in [0.2, 0.25) is 10.0 Å². The van der Waals surface area contributed by atoms with Gasteiger partial charge in [-0.25, -0.2) is 4.79 Å². The van der Waals surface area contributed by atoms with Gasteiger partial charge in [0.2, 0.25) is 0 Å². The van der Waals surface area contributed by atoms with Crippen molar-refractivity contribution in [3.05, 3.63) is 97.5 Å². The Bertz CT molecular complexity index is 1320. The number of hydrogen-bond donors (Lipinski definition) is 0. The number of esters is 1. The quantitative estimate of drug-likeness (QED) is 0.203. The summed E-state index contributed by atoms with van der Waals surface area (Å²) in [6, 6.07) is 16.2. The van der Waals surface area contributed by atoms with Gasteiger partial charge in [0.25, 0.3) is 0 Å². The zero-order chi connectivity index (χ0) is 24.9. The molecule has 4 rings (SSSR count). The molecular formula is C27H21BrCl2O5. The minimum atomic E-state index is -0.428. The molecule has 0 saturated carbocycles. The van der Waals surface area contributed by atoms with Gasteiger partial charge in [-0.15, -0.1) is 0 Å². The van der Waals surface area contributed by atoms with Crippen LogP contribution in [0.25, 0.3) is 11.8 Å². The van der Waals surface area contributed by atoms with Crippen LogP contribution in [-0.2, 0) is 16.1 Å². The maximum absolute atomic E-state index is 12.5. The van der Waals surface area contributed by atoms with Crippen LogP contribution in [0, 0.1) is 0 Å². The van der Waals surface area contributed by atoms with Gasteiger partial charge in [0.1, 0.15) is 18.1 Å². The van der Waals surface area contributed by atoms with Crippen molar-refractivity contribution in [3.8, 4) is 17.2 Å². The average Bonchev–Trinajstić information content (AvgIpc) is 3.20. The Balaban J connectivity index is 1.60. The first-order valence-corrected chi connectivity index (χ1v) is 12.3. The molecule has 0 radical (unpaired) electrons. The maximum Gasteiger partial charge on any atom is 0.343 e. The van der Waals surface area contributed by atoms with Crippen molar-refractivity contribution in [3.63, 3.8) is 0 Å². The third-order valence-electron chi connectivity index (χ3n) is 5.14. The molecule has 3 aromatic rings. The molecule has 3 aromatic carbocycles. The van der Waals surface area contributed by atoms with Crippen LogP contribution >= 0.6 is 39.1 Å². The zero-order valence-electron chi connectivity index (χ0n) is 18.9. The molecule has 0 spiro atoms. The molecule has 1 aliphatic rings. The summed E-state index contributed by atoms with van der Waals surface area (Å²) in [5.41, 5.74) is 2.74. The number of ether oxygens (including phenoxy) is 4. The molecule has 0 saturated heterocycles. The summed E-state index contributed by atoms with van der Waals surface area (Å²) in [5.74, 6) is 1.84. The molecule has 1 heterocycles. The van der Waals surface area contributed by atoms with Crippen molar-refractivity contribution in [2.75, 3.05) is 13.7 Å². The van der Waals surface area contributed by atoms with E-state index < -0.39 is 5.97 Å². The highest BCUT2D eigenvalue weighted by Gasteiger charge is 2.23.